The van der Waals surface area contributed by atoms with Crippen molar-refractivity contribution in [3.63, 3.8) is 0 Å². The average molecular weight is 434 g/mol. The number of rotatable bonds is 7. The van der Waals surface area contributed by atoms with E-state index < -0.39 is 11.6 Å². The number of benzene rings is 2. The molecule has 2 heterocycles. The van der Waals surface area contributed by atoms with E-state index in [1.54, 1.807) is 13.3 Å². The summed E-state index contributed by atoms with van der Waals surface area (Å²) < 4.78 is 34.7. The van der Waals surface area contributed by atoms with Gasteiger partial charge in [-0.1, -0.05) is 0 Å². The molecule has 0 radical (unpaired) electrons. The molecule has 0 amide bonds. The summed E-state index contributed by atoms with van der Waals surface area (Å²) in [5.41, 5.74) is 5.36. The molecule has 0 saturated heterocycles. The second-order valence-corrected chi connectivity index (χ2v) is 7.98. The summed E-state index contributed by atoms with van der Waals surface area (Å²) in [5.74, 6) is -0.470. The molecule has 7 heteroatoms. The Morgan fingerprint density at radius 1 is 1.09 bits per heavy atom. The van der Waals surface area contributed by atoms with Gasteiger partial charge in [0.1, 0.15) is 11.4 Å². The Bertz CT molecular complexity index is 1260. The van der Waals surface area contributed by atoms with Crippen LogP contribution in [0.2, 0.25) is 0 Å². The quantitative estimate of drug-likeness (QED) is 0.347. The molecule has 5 nitrogen and oxygen atoms in total. The van der Waals surface area contributed by atoms with Crippen molar-refractivity contribution in [2.75, 3.05) is 24.3 Å². The molecule has 0 aliphatic heterocycles. The molecule has 4 aromatic rings. The smallest absolute Gasteiger partial charge is 0.151 e. The predicted molar refractivity (Wildman–Crippen MR) is 123 cm³/mol. The lowest BCUT2D eigenvalue weighted by molar-refractivity contribution is 0.415. The number of nitrogens with one attached hydrogen (secondary N) is 3. The van der Waals surface area contributed by atoms with Crippen LogP contribution in [-0.2, 0) is 19.3 Å². The Kier molecular flexibility index (Phi) is 5.39. The van der Waals surface area contributed by atoms with Gasteiger partial charge in [0, 0.05) is 53.0 Å². The first kappa shape index (κ1) is 20.3. The molecule has 0 spiro atoms. The summed E-state index contributed by atoms with van der Waals surface area (Å²) in [6.45, 7) is 0.400. The third kappa shape index (κ3) is 3.86. The topological polar surface area (TPSA) is 62.0 Å². The average Bonchev–Trinajstić information content (AvgIpc) is 3.43. The van der Waals surface area contributed by atoms with Crippen LogP contribution in [0.4, 0.5) is 25.8 Å². The zero-order valence-electron chi connectivity index (χ0n) is 17.8. The van der Waals surface area contributed by atoms with E-state index in [1.165, 1.54) is 12.1 Å². The van der Waals surface area contributed by atoms with Crippen LogP contribution in [0.15, 0.2) is 48.8 Å². The Hall–Kier alpha value is -3.61. The number of aryl methyl sites for hydroxylation is 1. The van der Waals surface area contributed by atoms with E-state index in [9.17, 15) is 8.78 Å². The van der Waals surface area contributed by atoms with Gasteiger partial charge >= 0.3 is 0 Å². The lowest BCUT2D eigenvalue weighted by Crippen LogP contribution is -2.09. The van der Waals surface area contributed by atoms with Crippen LogP contribution in [0.1, 0.15) is 23.2 Å². The number of nitrogens with zero attached hydrogens (tertiary/aromatic N) is 1. The highest BCUT2D eigenvalue weighted by atomic mass is 19.1. The Balaban J connectivity index is 1.28. The second kappa shape index (κ2) is 8.49. The molecule has 2 aromatic carbocycles. The van der Waals surface area contributed by atoms with Gasteiger partial charge < -0.3 is 20.4 Å². The van der Waals surface area contributed by atoms with Gasteiger partial charge in [-0.15, -0.1) is 0 Å². The van der Waals surface area contributed by atoms with Crippen LogP contribution in [0, 0.1) is 11.6 Å². The molecule has 0 atom stereocenters. The third-order valence-electron chi connectivity index (χ3n) is 5.98. The van der Waals surface area contributed by atoms with E-state index in [0.29, 0.717) is 18.7 Å². The van der Waals surface area contributed by atoms with E-state index in [1.807, 2.05) is 30.5 Å². The number of methoxy groups -OCH3 is 1. The van der Waals surface area contributed by atoms with Gasteiger partial charge in [-0.25, -0.2) is 8.78 Å². The van der Waals surface area contributed by atoms with Gasteiger partial charge in [-0.3, -0.25) is 4.98 Å². The lowest BCUT2D eigenvalue weighted by Gasteiger charge is -2.14. The van der Waals surface area contributed by atoms with Crippen molar-refractivity contribution in [1.82, 2.24) is 9.97 Å². The van der Waals surface area contributed by atoms with Crippen LogP contribution in [-0.4, -0.2) is 23.6 Å². The maximum absolute atomic E-state index is 14.7. The summed E-state index contributed by atoms with van der Waals surface area (Å²) in [4.78, 5) is 7.60. The highest BCUT2D eigenvalue weighted by molar-refractivity contribution is 5.84. The van der Waals surface area contributed by atoms with Gasteiger partial charge in [0.2, 0.25) is 0 Å². The van der Waals surface area contributed by atoms with Crippen molar-refractivity contribution in [2.24, 2.45) is 0 Å². The summed E-state index contributed by atoms with van der Waals surface area (Å²) in [7, 11) is 1.63. The predicted octanol–water partition coefficient (Wildman–Crippen LogP) is 5.74. The minimum Gasteiger partial charge on any atom is -0.497 e. The molecular formula is C25H24F2N4O. The number of anilines is 3. The zero-order valence-corrected chi connectivity index (χ0v) is 17.8. The van der Waals surface area contributed by atoms with Crippen LogP contribution < -0.4 is 15.4 Å². The minimum atomic E-state index is -0.623. The largest absolute Gasteiger partial charge is 0.497 e. The Morgan fingerprint density at radius 2 is 1.94 bits per heavy atom. The molecule has 0 bridgehead atoms. The molecule has 0 unspecified atom stereocenters. The van der Waals surface area contributed by atoms with Crippen molar-refractivity contribution in [3.05, 3.63) is 77.2 Å². The number of fused-ring (bicyclic) bond motifs is 2. The summed E-state index contributed by atoms with van der Waals surface area (Å²) in [5, 5.41) is 7.14. The number of aromatic nitrogens is 2. The van der Waals surface area contributed by atoms with Gasteiger partial charge in [-0.2, -0.15) is 0 Å². The standard InChI is InChI=1S/C25H24F2N4O/c1-32-17-5-6-18-15(14-30-24(18)13-17)7-9-29-25-20(26)11-16(12-21(25)27)31-23-8-10-28-22-4-2-3-19(22)23/h5-6,8,10-14,29-30H,2-4,7,9H2,1H3,(H,28,31). The summed E-state index contributed by atoms with van der Waals surface area (Å²) in [6, 6.07) is 10.3. The first-order chi connectivity index (χ1) is 15.6. The van der Waals surface area contributed by atoms with Crippen LogP contribution in [0.5, 0.6) is 5.75 Å². The lowest BCUT2D eigenvalue weighted by atomic mass is 10.1. The van der Waals surface area contributed by atoms with Crippen LogP contribution in [0.3, 0.4) is 0 Å². The number of H-pyrrole nitrogens is 1. The molecule has 0 fully saturated rings. The summed E-state index contributed by atoms with van der Waals surface area (Å²) in [6.07, 6.45) is 7.19. The van der Waals surface area contributed by atoms with E-state index in [0.717, 1.165) is 58.4 Å². The van der Waals surface area contributed by atoms with E-state index in [-0.39, 0.29) is 5.69 Å². The molecule has 3 N–H and O–H groups in total. The van der Waals surface area contributed by atoms with Crippen molar-refractivity contribution >= 4 is 28.0 Å². The fourth-order valence-corrected chi connectivity index (χ4v) is 4.37. The highest BCUT2D eigenvalue weighted by Crippen LogP contribution is 2.31. The maximum atomic E-state index is 14.7. The van der Waals surface area contributed by atoms with Gasteiger partial charge in [0.25, 0.3) is 0 Å². The zero-order chi connectivity index (χ0) is 22.1. The number of hydrogen-bond donors (Lipinski definition) is 3. The summed E-state index contributed by atoms with van der Waals surface area (Å²) >= 11 is 0. The Labute approximate surface area is 184 Å². The van der Waals surface area contributed by atoms with E-state index in [2.05, 4.69) is 20.6 Å². The van der Waals surface area contributed by atoms with E-state index in [4.69, 9.17) is 4.74 Å². The molecule has 2 aromatic heterocycles. The number of aromatic amines is 1. The van der Waals surface area contributed by atoms with Crippen molar-refractivity contribution in [3.8, 4) is 5.75 Å². The molecule has 0 saturated carbocycles. The Morgan fingerprint density at radius 3 is 2.75 bits per heavy atom. The SMILES string of the molecule is COc1ccc2c(CCNc3c(F)cc(Nc4ccnc5c4CCC5)cc3F)c[nH]c2c1. The molecule has 1 aliphatic carbocycles. The molecule has 5 rings (SSSR count). The monoisotopic (exact) mass is 434 g/mol. The number of ether oxygens (including phenoxy) is 1. The van der Waals surface area contributed by atoms with Crippen molar-refractivity contribution < 1.29 is 13.5 Å². The second-order valence-electron chi connectivity index (χ2n) is 7.98. The van der Waals surface area contributed by atoms with Crippen molar-refractivity contribution in [1.29, 1.82) is 0 Å². The van der Waals surface area contributed by atoms with Crippen LogP contribution in [0.25, 0.3) is 10.9 Å². The first-order valence-corrected chi connectivity index (χ1v) is 10.7. The first-order valence-electron chi connectivity index (χ1n) is 10.7. The number of hydrogen-bond acceptors (Lipinski definition) is 4. The maximum Gasteiger partial charge on any atom is 0.151 e. The fourth-order valence-electron chi connectivity index (χ4n) is 4.37. The van der Waals surface area contributed by atoms with Crippen LogP contribution >= 0.6 is 0 Å². The van der Waals surface area contributed by atoms with Gasteiger partial charge in [0.05, 0.1) is 7.11 Å². The minimum absolute atomic E-state index is 0.114. The van der Waals surface area contributed by atoms with Crippen molar-refractivity contribution in [2.45, 2.75) is 25.7 Å². The van der Waals surface area contributed by atoms with E-state index >= 15 is 0 Å². The number of halogens is 2. The fraction of sp³-hybridized carbons (Fsp3) is 0.240. The molecule has 1 aliphatic rings. The molecular weight excluding hydrogens is 410 g/mol. The molecule has 32 heavy (non-hydrogen) atoms. The highest BCUT2D eigenvalue weighted by Gasteiger charge is 2.17. The van der Waals surface area contributed by atoms with Gasteiger partial charge in [-0.05, 0) is 67.1 Å². The normalized spacial score (nSPS) is 12.7. The third-order valence-corrected chi connectivity index (χ3v) is 5.98. The van der Waals surface area contributed by atoms with Gasteiger partial charge in [0.15, 0.2) is 11.6 Å². The molecule has 164 valence electrons. The number of pyridine rings is 1.